The highest BCUT2D eigenvalue weighted by molar-refractivity contribution is 7.91. The molecule has 0 aliphatic heterocycles. The maximum absolute atomic E-state index is 12.2. The van der Waals surface area contributed by atoms with E-state index in [-0.39, 0.29) is 21.9 Å². The summed E-state index contributed by atoms with van der Waals surface area (Å²) in [5.74, 6) is 0.540. The lowest BCUT2D eigenvalue weighted by molar-refractivity contribution is -0.114. The monoisotopic (exact) mass is 380 g/mol. The molecular weight excluding hydrogens is 364 g/mol. The molecule has 0 spiro atoms. The minimum Gasteiger partial charge on any atom is -0.304 e. The van der Waals surface area contributed by atoms with Gasteiger partial charge in [0.2, 0.25) is 15.4 Å². The predicted molar refractivity (Wildman–Crippen MR) is 92.9 cm³/mol. The number of nitrogens with zero attached hydrogens (tertiary/aromatic N) is 4. The lowest BCUT2D eigenvalue weighted by Gasteiger charge is -2.03. The Kier molecular flexibility index (Phi) is 5.06. The molecule has 0 bridgehead atoms. The number of fused-ring (bicyclic) bond motifs is 1. The van der Waals surface area contributed by atoms with E-state index >= 15 is 0 Å². The fourth-order valence-electron chi connectivity index (χ4n) is 2.22. The van der Waals surface area contributed by atoms with Crippen LogP contribution in [0.1, 0.15) is 19.2 Å². The Hall–Kier alpha value is -2.37. The van der Waals surface area contributed by atoms with Crippen molar-refractivity contribution in [3.05, 3.63) is 36.4 Å². The molecule has 1 amide bonds. The number of imidazole rings is 1. The van der Waals surface area contributed by atoms with Crippen LogP contribution in [0, 0.1) is 0 Å². The first-order valence-electron chi connectivity index (χ1n) is 7.47. The van der Waals surface area contributed by atoms with E-state index in [1.54, 1.807) is 6.20 Å². The molecule has 2 N–H and O–H groups in total. The second kappa shape index (κ2) is 7.25. The average molecular weight is 380 g/mol. The number of aryl methyl sites for hydroxylation is 1. The van der Waals surface area contributed by atoms with Gasteiger partial charge in [-0.3, -0.25) is 4.79 Å². The topological polar surface area (TPSA) is 118 Å². The summed E-state index contributed by atoms with van der Waals surface area (Å²) in [5.41, 5.74) is 0.998. The van der Waals surface area contributed by atoms with Crippen molar-refractivity contribution in [2.75, 3.05) is 11.9 Å². The van der Waals surface area contributed by atoms with E-state index in [0.29, 0.717) is 12.8 Å². The van der Waals surface area contributed by atoms with E-state index in [0.717, 1.165) is 22.7 Å². The molecular formula is C14H16N6O3S2. The van der Waals surface area contributed by atoms with Crippen LogP contribution in [0.15, 0.2) is 34.9 Å². The zero-order chi connectivity index (χ0) is 17.9. The Morgan fingerprint density at radius 3 is 2.96 bits per heavy atom. The van der Waals surface area contributed by atoms with Crippen LogP contribution in [-0.2, 0) is 21.2 Å². The molecule has 0 radical (unpaired) electrons. The van der Waals surface area contributed by atoms with E-state index in [1.165, 1.54) is 6.92 Å². The summed E-state index contributed by atoms with van der Waals surface area (Å²) >= 11 is 0.805. The highest BCUT2D eigenvalue weighted by Crippen LogP contribution is 2.19. The Bertz CT molecular complexity index is 995. The van der Waals surface area contributed by atoms with Crippen LogP contribution in [0.4, 0.5) is 5.13 Å². The van der Waals surface area contributed by atoms with Gasteiger partial charge in [0.05, 0.1) is 11.7 Å². The van der Waals surface area contributed by atoms with Crippen LogP contribution < -0.4 is 10.0 Å². The van der Waals surface area contributed by atoms with E-state index in [2.05, 4.69) is 25.2 Å². The predicted octanol–water partition coefficient (Wildman–Crippen LogP) is 1.06. The third kappa shape index (κ3) is 4.18. The number of carbonyl (C=O) groups is 1. The van der Waals surface area contributed by atoms with Gasteiger partial charge in [-0.1, -0.05) is 17.4 Å². The summed E-state index contributed by atoms with van der Waals surface area (Å²) in [6, 6.07) is 5.82. The van der Waals surface area contributed by atoms with E-state index in [9.17, 15) is 13.2 Å². The Balaban J connectivity index is 1.55. The largest absolute Gasteiger partial charge is 0.304 e. The quantitative estimate of drug-likeness (QED) is 0.467. The van der Waals surface area contributed by atoms with Crippen molar-refractivity contribution >= 4 is 37.9 Å². The smallest absolute Gasteiger partial charge is 0.269 e. The first-order chi connectivity index (χ1) is 12.0. The van der Waals surface area contributed by atoms with Crippen LogP contribution in [0.3, 0.4) is 0 Å². The van der Waals surface area contributed by atoms with Crippen molar-refractivity contribution in [1.29, 1.82) is 0 Å². The van der Waals surface area contributed by atoms with Crippen molar-refractivity contribution in [3.8, 4) is 0 Å². The van der Waals surface area contributed by atoms with Crippen molar-refractivity contribution in [2.24, 2.45) is 0 Å². The third-order valence-corrected chi connectivity index (χ3v) is 5.97. The summed E-state index contributed by atoms with van der Waals surface area (Å²) in [7, 11) is -3.74. The molecule has 0 aliphatic rings. The molecule has 0 saturated heterocycles. The van der Waals surface area contributed by atoms with Crippen LogP contribution in [-0.4, -0.2) is 40.5 Å². The second-order valence-electron chi connectivity index (χ2n) is 5.23. The van der Waals surface area contributed by atoms with Gasteiger partial charge in [-0.25, -0.2) is 18.1 Å². The lowest BCUT2D eigenvalue weighted by Crippen LogP contribution is -2.25. The molecule has 132 valence electrons. The molecule has 0 unspecified atom stereocenters. The Morgan fingerprint density at radius 2 is 2.16 bits per heavy atom. The number of carbonyl (C=O) groups excluding carboxylic acids is 1. The first kappa shape index (κ1) is 17.5. The molecule has 11 heteroatoms. The van der Waals surface area contributed by atoms with Crippen LogP contribution >= 0.6 is 11.3 Å². The molecule has 3 aromatic heterocycles. The van der Waals surface area contributed by atoms with Gasteiger partial charge >= 0.3 is 0 Å². The molecule has 0 aliphatic carbocycles. The third-order valence-electron chi connectivity index (χ3n) is 3.30. The normalized spacial score (nSPS) is 11.7. The van der Waals surface area contributed by atoms with E-state index < -0.39 is 10.0 Å². The standard InChI is InChI=1S/C14H16N6O3S2/c1-10(21)17-13-18-19-14(24-13)25(22,23)16-7-4-6-12-15-9-11-5-2-3-8-20(11)12/h2-3,5,8-9,16H,4,6-7H2,1H3,(H,17,18,21). The van der Waals surface area contributed by atoms with Gasteiger partial charge in [0.25, 0.3) is 10.0 Å². The highest BCUT2D eigenvalue weighted by Gasteiger charge is 2.20. The summed E-state index contributed by atoms with van der Waals surface area (Å²) in [6.07, 6.45) is 4.93. The van der Waals surface area contributed by atoms with Crippen molar-refractivity contribution in [2.45, 2.75) is 24.1 Å². The summed E-state index contributed by atoms with van der Waals surface area (Å²) in [4.78, 5) is 15.3. The van der Waals surface area contributed by atoms with E-state index in [4.69, 9.17) is 0 Å². The first-order valence-corrected chi connectivity index (χ1v) is 9.77. The van der Waals surface area contributed by atoms with E-state index in [1.807, 2.05) is 28.8 Å². The molecule has 0 saturated carbocycles. The zero-order valence-electron chi connectivity index (χ0n) is 13.3. The average Bonchev–Trinajstić information content (AvgIpc) is 3.19. The maximum atomic E-state index is 12.2. The number of amides is 1. The van der Waals surface area contributed by atoms with Gasteiger partial charge in [0.15, 0.2) is 0 Å². The number of hydrogen-bond donors (Lipinski definition) is 2. The van der Waals surface area contributed by atoms with Crippen molar-refractivity contribution in [1.82, 2.24) is 24.3 Å². The minimum absolute atomic E-state index is 0.150. The molecule has 0 atom stereocenters. The summed E-state index contributed by atoms with van der Waals surface area (Å²) in [5, 5.41) is 9.78. The minimum atomic E-state index is -3.74. The van der Waals surface area contributed by atoms with Gasteiger partial charge < -0.3 is 9.72 Å². The lowest BCUT2D eigenvalue weighted by atomic mass is 10.3. The summed E-state index contributed by atoms with van der Waals surface area (Å²) in [6.45, 7) is 1.56. The number of aromatic nitrogens is 4. The van der Waals surface area contributed by atoms with Gasteiger partial charge in [-0.2, -0.15) is 0 Å². The number of rotatable bonds is 7. The fourth-order valence-corrected chi connectivity index (χ4v) is 4.28. The summed E-state index contributed by atoms with van der Waals surface area (Å²) < 4.78 is 28.6. The Morgan fingerprint density at radius 1 is 1.32 bits per heavy atom. The maximum Gasteiger partial charge on any atom is 0.269 e. The molecule has 3 rings (SSSR count). The van der Waals surface area contributed by atoms with Crippen molar-refractivity contribution in [3.63, 3.8) is 0 Å². The number of sulfonamides is 1. The molecule has 25 heavy (non-hydrogen) atoms. The van der Waals surface area contributed by atoms with Gasteiger partial charge in [0.1, 0.15) is 5.82 Å². The molecule has 3 aromatic rings. The van der Waals surface area contributed by atoms with Crippen LogP contribution in [0.25, 0.3) is 5.52 Å². The number of hydrogen-bond acceptors (Lipinski definition) is 7. The molecule has 0 aromatic carbocycles. The van der Waals surface area contributed by atoms with Gasteiger partial charge in [0, 0.05) is 26.1 Å². The molecule has 3 heterocycles. The van der Waals surface area contributed by atoms with Crippen LogP contribution in [0.2, 0.25) is 0 Å². The van der Waals surface area contributed by atoms with Crippen molar-refractivity contribution < 1.29 is 13.2 Å². The Labute approximate surface area is 148 Å². The van der Waals surface area contributed by atoms with Gasteiger partial charge in [-0.15, -0.1) is 10.2 Å². The van der Waals surface area contributed by atoms with Gasteiger partial charge in [-0.05, 0) is 18.6 Å². The zero-order valence-corrected chi connectivity index (χ0v) is 15.0. The SMILES string of the molecule is CC(=O)Nc1nnc(S(=O)(=O)NCCCc2ncc3ccccn23)s1. The number of anilines is 1. The highest BCUT2D eigenvalue weighted by atomic mass is 32.2. The number of nitrogens with one attached hydrogen (secondary N) is 2. The molecule has 0 fully saturated rings. The fraction of sp³-hybridized carbons (Fsp3) is 0.286. The molecule has 9 nitrogen and oxygen atoms in total. The number of pyridine rings is 1. The second-order valence-corrected chi connectivity index (χ2v) is 8.14. The van der Waals surface area contributed by atoms with Crippen LogP contribution in [0.5, 0.6) is 0 Å².